The summed E-state index contributed by atoms with van der Waals surface area (Å²) >= 11 is 0. The maximum Gasteiger partial charge on any atom is 0.490 e. The summed E-state index contributed by atoms with van der Waals surface area (Å²) in [6, 6.07) is 0. The van der Waals surface area contributed by atoms with Crippen molar-refractivity contribution in [1.29, 1.82) is 0 Å². The van der Waals surface area contributed by atoms with Gasteiger partial charge in [0.15, 0.2) is 6.23 Å². The Kier molecular flexibility index (Phi) is 8.57. The average Bonchev–Trinajstić information content (AvgIpc) is 2.87. The molecule has 1 aliphatic rings. The number of ether oxygens (including phenoxy) is 1. The minimum absolute atomic E-state index is 0.189. The molecule has 7 N–H and O–H groups in total. The molecule has 2 rings (SSSR count). The van der Waals surface area contributed by atoms with E-state index in [1.165, 1.54) is 0 Å². The van der Waals surface area contributed by atoms with Gasteiger partial charge >= 0.3 is 29.2 Å². The third kappa shape index (κ3) is 7.23. The van der Waals surface area contributed by atoms with Crippen LogP contribution in [0.5, 0.6) is 0 Å². The largest absolute Gasteiger partial charge is 0.490 e. The van der Waals surface area contributed by atoms with Gasteiger partial charge in [-0.3, -0.25) is 18.9 Å². The van der Waals surface area contributed by atoms with Crippen molar-refractivity contribution in [3.63, 3.8) is 0 Å². The molecule has 1 aliphatic heterocycles. The number of phosphoric ester groups is 1. The topological polar surface area (TPSA) is 264 Å². The van der Waals surface area contributed by atoms with Gasteiger partial charge in [-0.1, -0.05) is 13.3 Å². The van der Waals surface area contributed by atoms with Crippen LogP contribution >= 0.6 is 23.5 Å². The lowest BCUT2D eigenvalue weighted by atomic mass is 10.1. The lowest BCUT2D eigenvalue weighted by Gasteiger charge is -2.19. The Balaban J connectivity index is 2.13. The highest BCUT2D eigenvalue weighted by atomic mass is 31.3. The third-order valence-electron chi connectivity index (χ3n) is 3.99. The van der Waals surface area contributed by atoms with E-state index in [0.29, 0.717) is 6.42 Å². The van der Waals surface area contributed by atoms with Gasteiger partial charge in [-0.25, -0.2) is 18.5 Å². The molecule has 2 unspecified atom stereocenters. The van der Waals surface area contributed by atoms with Gasteiger partial charge in [-0.15, -0.1) is 0 Å². The lowest BCUT2D eigenvalue weighted by molar-refractivity contribution is -0.0543. The fourth-order valence-electron chi connectivity index (χ4n) is 2.73. The quantitative estimate of drug-likeness (QED) is 0.170. The van der Waals surface area contributed by atoms with E-state index in [9.17, 15) is 38.4 Å². The molecule has 1 fully saturated rings. The summed E-state index contributed by atoms with van der Waals surface area (Å²) in [6.07, 6.45) is -4.70. The van der Waals surface area contributed by atoms with Crippen molar-refractivity contribution in [3.8, 4) is 0 Å². The number of nitrogens with zero attached hydrogens (tertiary/aromatic N) is 1. The summed E-state index contributed by atoms with van der Waals surface area (Å²) in [7, 11) is -16.8. The molecule has 20 heteroatoms. The van der Waals surface area contributed by atoms with Crippen molar-refractivity contribution in [2.45, 2.75) is 44.3 Å². The zero-order valence-electron chi connectivity index (χ0n) is 16.2. The first-order valence-corrected chi connectivity index (χ1v) is 13.2. The number of aromatic nitrogens is 2. The molecule has 1 aromatic rings. The highest BCUT2D eigenvalue weighted by Crippen LogP contribution is 2.66. The Bertz CT molecular complexity index is 1080. The average molecular weight is 526 g/mol. The molecule has 184 valence electrons. The molecule has 17 nitrogen and oxygen atoms in total. The Morgan fingerprint density at radius 2 is 1.69 bits per heavy atom. The van der Waals surface area contributed by atoms with Crippen LogP contribution in [0.25, 0.3) is 0 Å². The number of hydrogen-bond acceptors (Lipinski definition) is 11. The van der Waals surface area contributed by atoms with Gasteiger partial charge in [0.05, 0.1) is 6.61 Å². The molecule has 0 amide bonds. The van der Waals surface area contributed by atoms with E-state index >= 15 is 0 Å². The summed E-state index contributed by atoms with van der Waals surface area (Å²) in [5.74, 6) is 0. The number of aromatic amines is 1. The zero-order chi connectivity index (χ0) is 24.5. The second kappa shape index (κ2) is 10.1. The standard InChI is InChI=1S/C12H21N2O15P3/c1-2-3-6-4-14(12(18)13-10(6)17)11-9(16)8(15)7(27-11)5-26-31(22,23)29-32(24,25)28-30(19,20)21/h4,7-9,11,15-16H,2-3,5H2,1H3,(H,22,23)(H,24,25)(H,13,17,18)(H2,19,20,21)/t7-,8-,9+,11-/m1/s1. The molecule has 0 saturated carbocycles. The first-order chi connectivity index (χ1) is 14.6. The molecule has 1 aromatic heterocycles. The maximum atomic E-state index is 12.1. The van der Waals surface area contributed by atoms with Crippen LogP contribution in [0.2, 0.25) is 0 Å². The second-order valence-corrected chi connectivity index (χ2v) is 10.9. The van der Waals surface area contributed by atoms with Gasteiger partial charge < -0.3 is 34.5 Å². The highest BCUT2D eigenvalue weighted by Gasteiger charge is 2.46. The fourth-order valence-corrected chi connectivity index (χ4v) is 5.76. The molecule has 32 heavy (non-hydrogen) atoms. The van der Waals surface area contributed by atoms with E-state index in [0.717, 1.165) is 10.8 Å². The number of rotatable bonds is 10. The minimum atomic E-state index is -5.74. The Labute approximate surface area is 178 Å². The molecule has 0 spiro atoms. The maximum absolute atomic E-state index is 12.1. The first-order valence-electron chi connectivity index (χ1n) is 8.69. The minimum Gasteiger partial charge on any atom is -0.387 e. The van der Waals surface area contributed by atoms with Crippen LogP contribution < -0.4 is 11.2 Å². The van der Waals surface area contributed by atoms with Crippen molar-refractivity contribution in [1.82, 2.24) is 9.55 Å². The normalized spacial score (nSPS) is 27.7. The Morgan fingerprint density at radius 1 is 1.06 bits per heavy atom. The first kappa shape index (κ1) is 27.2. The van der Waals surface area contributed by atoms with Crippen LogP contribution in [0.3, 0.4) is 0 Å². The Morgan fingerprint density at radius 3 is 2.25 bits per heavy atom. The Hall–Kier alpha value is -1.03. The number of phosphoric acid groups is 3. The zero-order valence-corrected chi connectivity index (χ0v) is 18.8. The van der Waals surface area contributed by atoms with Gasteiger partial charge in [0, 0.05) is 11.8 Å². The van der Waals surface area contributed by atoms with Crippen LogP contribution in [0.1, 0.15) is 25.1 Å². The highest BCUT2D eigenvalue weighted by molar-refractivity contribution is 7.66. The number of hydrogen-bond donors (Lipinski definition) is 7. The lowest BCUT2D eigenvalue weighted by Crippen LogP contribution is -2.38. The monoisotopic (exact) mass is 526 g/mol. The molecule has 1 saturated heterocycles. The molecule has 2 heterocycles. The van der Waals surface area contributed by atoms with E-state index < -0.39 is 65.9 Å². The number of aryl methyl sites for hydroxylation is 1. The van der Waals surface area contributed by atoms with Gasteiger partial charge in [0.2, 0.25) is 0 Å². The number of aliphatic hydroxyl groups is 2. The van der Waals surface area contributed by atoms with Crippen LogP contribution in [-0.4, -0.2) is 64.3 Å². The summed E-state index contributed by atoms with van der Waals surface area (Å²) in [4.78, 5) is 61.5. The fraction of sp³-hybridized carbons (Fsp3) is 0.667. The molecule has 0 aromatic carbocycles. The van der Waals surface area contributed by atoms with Gasteiger partial charge in [0.1, 0.15) is 18.3 Å². The van der Waals surface area contributed by atoms with E-state index in [-0.39, 0.29) is 12.0 Å². The predicted octanol–water partition coefficient (Wildman–Crippen LogP) is -1.55. The van der Waals surface area contributed by atoms with Crippen LogP contribution in [0, 0.1) is 0 Å². The van der Waals surface area contributed by atoms with Crippen molar-refractivity contribution in [2.75, 3.05) is 6.61 Å². The van der Waals surface area contributed by atoms with E-state index in [4.69, 9.17) is 19.4 Å². The molecular weight excluding hydrogens is 505 g/mol. The number of nitrogens with one attached hydrogen (secondary N) is 1. The number of H-pyrrole nitrogens is 1. The molecular formula is C12H21N2O15P3. The van der Waals surface area contributed by atoms with Crippen molar-refractivity contribution < 1.29 is 61.4 Å². The summed E-state index contributed by atoms with van der Waals surface area (Å²) in [5, 5.41) is 20.3. The summed E-state index contributed by atoms with van der Waals surface area (Å²) in [6.45, 7) is 0.733. The van der Waals surface area contributed by atoms with Crippen molar-refractivity contribution >= 4 is 23.5 Å². The number of aliphatic hydroxyl groups excluding tert-OH is 2. The summed E-state index contributed by atoms with van der Waals surface area (Å²) < 4.78 is 51.2. The van der Waals surface area contributed by atoms with Gasteiger partial charge in [-0.05, 0) is 6.42 Å². The smallest absolute Gasteiger partial charge is 0.387 e. The molecule has 6 atom stereocenters. The van der Waals surface area contributed by atoms with Gasteiger partial charge in [0.25, 0.3) is 5.56 Å². The van der Waals surface area contributed by atoms with Crippen molar-refractivity contribution in [3.05, 3.63) is 32.6 Å². The second-order valence-electron chi connectivity index (χ2n) is 6.50. The van der Waals surface area contributed by atoms with Crippen LogP contribution in [-0.2, 0) is 38.0 Å². The van der Waals surface area contributed by atoms with Crippen molar-refractivity contribution in [2.24, 2.45) is 0 Å². The van der Waals surface area contributed by atoms with E-state index in [2.05, 4.69) is 13.1 Å². The molecule has 0 bridgehead atoms. The van der Waals surface area contributed by atoms with Crippen LogP contribution in [0.15, 0.2) is 15.8 Å². The van der Waals surface area contributed by atoms with E-state index in [1.54, 1.807) is 6.92 Å². The van der Waals surface area contributed by atoms with E-state index in [1.807, 2.05) is 4.98 Å². The third-order valence-corrected chi connectivity index (χ3v) is 7.79. The summed E-state index contributed by atoms with van der Waals surface area (Å²) in [5.41, 5.74) is -1.43. The molecule has 0 aliphatic carbocycles. The SMILES string of the molecule is CCCc1cn([C@@H]2O[C@H](COP(=O)(O)OP(=O)(O)OP(=O)(O)O)[C@@H](O)[C@@H]2O)c(=O)[nH]c1=O. The predicted molar refractivity (Wildman–Crippen MR) is 101 cm³/mol. The van der Waals surface area contributed by atoms with Crippen LogP contribution in [0.4, 0.5) is 0 Å². The molecule has 0 radical (unpaired) electrons. The van der Waals surface area contributed by atoms with Gasteiger partial charge in [-0.2, -0.15) is 8.62 Å².